The molecule has 1 unspecified atom stereocenters. The Hall–Kier alpha value is -0.610. The van der Waals surface area contributed by atoms with Crippen LogP contribution >= 0.6 is 0 Å². The molecule has 84 valence electrons. The maximum absolute atomic E-state index is 11.6. The van der Waals surface area contributed by atoms with Crippen molar-refractivity contribution < 1.29 is 9.90 Å². The number of aliphatic hydroxyl groups excluding tert-OH is 1. The predicted octanol–water partition coefficient (Wildman–Crippen LogP) is 0.247. The zero-order valence-electron chi connectivity index (χ0n) is 9.50. The second-order valence-electron chi connectivity index (χ2n) is 4.33. The summed E-state index contributed by atoms with van der Waals surface area (Å²) in [5, 5.41) is 11.9. The fourth-order valence-electron chi connectivity index (χ4n) is 0.923. The number of amides is 1. The van der Waals surface area contributed by atoms with Gasteiger partial charge in [0.25, 0.3) is 0 Å². The number of nitrogens with one attached hydrogen (secondary N) is 1. The second kappa shape index (κ2) is 5.32. The predicted molar refractivity (Wildman–Crippen MR) is 56.7 cm³/mol. The summed E-state index contributed by atoms with van der Waals surface area (Å²) in [7, 11) is 0. The molecule has 4 nitrogen and oxygen atoms in total. The summed E-state index contributed by atoms with van der Waals surface area (Å²) in [5.74, 6) is -0.0896. The van der Waals surface area contributed by atoms with Crippen molar-refractivity contribution in [2.75, 3.05) is 6.61 Å². The van der Waals surface area contributed by atoms with Crippen LogP contribution in [0.2, 0.25) is 0 Å². The maximum atomic E-state index is 11.6. The Morgan fingerprint density at radius 1 is 1.57 bits per heavy atom. The van der Waals surface area contributed by atoms with Gasteiger partial charge in [-0.25, -0.2) is 0 Å². The van der Waals surface area contributed by atoms with E-state index in [1.54, 1.807) is 6.92 Å². The van der Waals surface area contributed by atoms with Crippen molar-refractivity contribution in [1.82, 2.24) is 5.32 Å². The third-order valence-electron chi connectivity index (χ3n) is 2.58. The minimum atomic E-state index is -0.552. The molecule has 0 heterocycles. The monoisotopic (exact) mass is 202 g/mol. The summed E-state index contributed by atoms with van der Waals surface area (Å²) in [4.78, 5) is 11.6. The summed E-state index contributed by atoms with van der Waals surface area (Å²) in [6.07, 6.45) is 0.681. The van der Waals surface area contributed by atoms with Crippen molar-refractivity contribution in [3.05, 3.63) is 0 Å². The van der Waals surface area contributed by atoms with Crippen LogP contribution in [0.5, 0.6) is 0 Å². The minimum Gasteiger partial charge on any atom is -0.394 e. The van der Waals surface area contributed by atoms with Crippen molar-refractivity contribution in [3.63, 3.8) is 0 Å². The van der Waals surface area contributed by atoms with E-state index in [1.165, 1.54) is 0 Å². The molecule has 1 amide bonds. The van der Waals surface area contributed by atoms with Crippen molar-refractivity contribution >= 4 is 5.91 Å². The van der Waals surface area contributed by atoms with Gasteiger partial charge in [0.15, 0.2) is 0 Å². The molecule has 0 bridgehead atoms. The lowest BCUT2D eigenvalue weighted by Gasteiger charge is -2.29. The molecule has 0 saturated carbocycles. The Labute approximate surface area is 85.9 Å². The van der Waals surface area contributed by atoms with Gasteiger partial charge in [-0.2, -0.15) is 0 Å². The van der Waals surface area contributed by atoms with Crippen molar-refractivity contribution in [1.29, 1.82) is 0 Å². The molecule has 0 fully saturated rings. The number of carbonyl (C=O) groups excluding carboxylic acids is 1. The summed E-state index contributed by atoms with van der Waals surface area (Å²) in [5.41, 5.74) is 5.13. The van der Waals surface area contributed by atoms with Crippen LogP contribution in [0, 0.1) is 5.92 Å². The SMILES string of the molecule is CCC(C)(CO)NC(=O)[C@@H](N)C(C)C. The second-order valence-corrected chi connectivity index (χ2v) is 4.33. The molecular weight excluding hydrogens is 180 g/mol. The fourth-order valence-corrected chi connectivity index (χ4v) is 0.923. The summed E-state index contributed by atoms with van der Waals surface area (Å²) in [6, 6.07) is -0.507. The quantitative estimate of drug-likeness (QED) is 0.598. The van der Waals surface area contributed by atoms with E-state index >= 15 is 0 Å². The molecule has 0 aromatic carbocycles. The van der Waals surface area contributed by atoms with Crippen molar-refractivity contribution in [3.8, 4) is 0 Å². The van der Waals surface area contributed by atoms with E-state index in [2.05, 4.69) is 5.32 Å². The lowest BCUT2D eigenvalue weighted by molar-refractivity contribution is -0.125. The molecule has 2 atom stereocenters. The molecular formula is C10H22N2O2. The van der Waals surface area contributed by atoms with Crippen LogP contribution in [0.1, 0.15) is 34.1 Å². The van der Waals surface area contributed by atoms with Crippen molar-refractivity contribution in [2.45, 2.75) is 45.7 Å². The molecule has 0 radical (unpaired) electrons. The van der Waals surface area contributed by atoms with Crippen LogP contribution in [0.15, 0.2) is 0 Å². The summed E-state index contributed by atoms with van der Waals surface area (Å²) < 4.78 is 0. The topological polar surface area (TPSA) is 75.3 Å². The number of carbonyl (C=O) groups is 1. The van der Waals surface area contributed by atoms with Gasteiger partial charge in [0.2, 0.25) is 5.91 Å². The maximum Gasteiger partial charge on any atom is 0.237 e. The van der Waals surface area contributed by atoms with Gasteiger partial charge in [-0.05, 0) is 19.3 Å². The summed E-state index contributed by atoms with van der Waals surface area (Å²) >= 11 is 0. The molecule has 14 heavy (non-hydrogen) atoms. The lowest BCUT2D eigenvalue weighted by atomic mass is 9.97. The largest absolute Gasteiger partial charge is 0.394 e. The molecule has 0 saturated heterocycles. The number of aliphatic hydroxyl groups is 1. The molecule has 0 aliphatic rings. The van der Waals surface area contributed by atoms with Gasteiger partial charge in [0.05, 0.1) is 18.2 Å². The van der Waals surface area contributed by atoms with E-state index in [9.17, 15) is 4.79 Å². The van der Waals surface area contributed by atoms with Crippen LogP contribution in [0.4, 0.5) is 0 Å². The van der Waals surface area contributed by atoms with Gasteiger partial charge in [0.1, 0.15) is 0 Å². The third kappa shape index (κ3) is 3.64. The van der Waals surface area contributed by atoms with E-state index in [-0.39, 0.29) is 18.4 Å². The Balaban J connectivity index is 4.30. The molecule has 0 rings (SSSR count). The van der Waals surface area contributed by atoms with Crippen LogP contribution < -0.4 is 11.1 Å². The zero-order valence-corrected chi connectivity index (χ0v) is 9.50. The first kappa shape index (κ1) is 13.4. The van der Waals surface area contributed by atoms with Gasteiger partial charge in [-0.1, -0.05) is 20.8 Å². The van der Waals surface area contributed by atoms with Gasteiger partial charge in [0, 0.05) is 0 Å². The highest BCUT2D eigenvalue weighted by molar-refractivity contribution is 5.82. The molecule has 4 heteroatoms. The first-order valence-electron chi connectivity index (χ1n) is 5.04. The van der Waals surface area contributed by atoms with E-state index in [0.29, 0.717) is 6.42 Å². The molecule has 0 spiro atoms. The minimum absolute atomic E-state index is 0.0694. The number of hydrogen-bond donors (Lipinski definition) is 3. The summed E-state index contributed by atoms with van der Waals surface area (Å²) in [6.45, 7) is 7.44. The van der Waals surface area contributed by atoms with Gasteiger partial charge in [-0.3, -0.25) is 4.79 Å². The van der Waals surface area contributed by atoms with Gasteiger partial charge in [-0.15, -0.1) is 0 Å². The highest BCUT2D eigenvalue weighted by Gasteiger charge is 2.27. The van der Waals surface area contributed by atoms with Crippen LogP contribution in [0.25, 0.3) is 0 Å². The van der Waals surface area contributed by atoms with Gasteiger partial charge >= 0.3 is 0 Å². The average Bonchev–Trinajstić information content (AvgIpc) is 2.16. The first-order chi connectivity index (χ1) is 6.36. The van der Waals surface area contributed by atoms with E-state index in [4.69, 9.17) is 10.8 Å². The van der Waals surface area contributed by atoms with E-state index < -0.39 is 11.6 Å². The molecule has 0 aromatic heterocycles. The highest BCUT2D eigenvalue weighted by atomic mass is 16.3. The Morgan fingerprint density at radius 3 is 2.36 bits per heavy atom. The van der Waals surface area contributed by atoms with Crippen LogP contribution in [-0.4, -0.2) is 29.2 Å². The Kier molecular flexibility index (Phi) is 5.08. The molecule has 0 aliphatic carbocycles. The molecule has 4 N–H and O–H groups in total. The van der Waals surface area contributed by atoms with E-state index in [0.717, 1.165) is 0 Å². The fraction of sp³-hybridized carbons (Fsp3) is 0.900. The normalized spacial score (nSPS) is 17.6. The van der Waals surface area contributed by atoms with Crippen molar-refractivity contribution in [2.24, 2.45) is 11.7 Å². The number of hydrogen-bond acceptors (Lipinski definition) is 3. The standard InChI is InChI=1S/C10H22N2O2/c1-5-10(4,6-13)12-9(14)8(11)7(2)3/h7-8,13H,5-6,11H2,1-4H3,(H,12,14)/t8-,10?/m0/s1. The Bertz CT molecular complexity index is 189. The van der Waals surface area contributed by atoms with E-state index in [1.807, 2.05) is 20.8 Å². The smallest absolute Gasteiger partial charge is 0.237 e. The zero-order chi connectivity index (χ0) is 11.4. The Morgan fingerprint density at radius 2 is 2.07 bits per heavy atom. The average molecular weight is 202 g/mol. The number of nitrogens with two attached hydrogens (primary N) is 1. The van der Waals surface area contributed by atoms with Gasteiger partial charge < -0.3 is 16.2 Å². The number of rotatable bonds is 5. The highest BCUT2D eigenvalue weighted by Crippen LogP contribution is 2.09. The molecule has 0 aliphatic heterocycles. The third-order valence-corrected chi connectivity index (χ3v) is 2.58. The molecule has 0 aromatic rings. The van der Waals surface area contributed by atoms with Crippen LogP contribution in [-0.2, 0) is 4.79 Å². The lowest BCUT2D eigenvalue weighted by Crippen LogP contribution is -2.55. The first-order valence-corrected chi connectivity index (χ1v) is 5.04. The van der Waals surface area contributed by atoms with Crippen LogP contribution in [0.3, 0.4) is 0 Å².